The van der Waals surface area contributed by atoms with Crippen LogP contribution in [-0.4, -0.2) is 22.2 Å². The number of halogens is 1. The van der Waals surface area contributed by atoms with Gasteiger partial charge in [0.15, 0.2) is 0 Å². The van der Waals surface area contributed by atoms with Gasteiger partial charge in [0, 0.05) is 11.2 Å². The van der Waals surface area contributed by atoms with Gasteiger partial charge in [-0.3, -0.25) is 4.98 Å². The van der Waals surface area contributed by atoms with Crippen molar-refractivity contribution >= 4 is 24.8 Å². The van der Waals surface area contributed by atoms with Crippen LogP contribution in [0.5, 0.6) is 0 Å². The van der Waals surface area contributed by atoms with Gasteiger partial charge in [0.05, 0.1) is 5.69 Å². The summed E-state index contributed by atoms with van der Waals surface area (Å²) in [6, 6.07) is 3.30. The van der Waals surface area contributed by atoms with Gasteiger partial charge in [-0.1, -0.05) is 11.6 Å². The third-order valence-corrected chi connectivity index (χ3v) is 1.76. The molecule has 1 aromatic heterocycles. The van der Waals surface area contributed by atoms with Crippen molar-refractivity contribution in [3.63, 3.8) is 0 Å². The zero-order valence-corrected chi connectivity index (χ0v) is 7.86. The summed E-state index contributed by atoms with van der Waals surface area (Å²) < 4.78 is 0. The first-order chi connectivity index (χ1) is 6.09. The van der Waals surface area contributed by atoms with Gasteiger partial charge in [-0.2, -0.15) is 0 Å². The van der Waals surface area contributed by atoms with E-state index >= 15 is 0 Å². The average molecular weight is 197 g/mol. The predicted octanol–water partition coefficient (Wildman–Crippen LogP) is 1.15. The van der Waals surface area contributed by atoms with E-state index < -0.39 is 7.12 Å². The smallest absolute Gasteiger partial charge is 0.423 e. The van der Waals surface area contributed by atoms with Crippen LogP contribution in [0.3, 0.4) is 0 Å². The van der Waals surface area contributed by atoms with E-state index in [9.17, 15) is 0 Å². The molecule has 0 aromatic carbocycles. The van der Waals surface area contributed by atoms with Gasteiger partial charge >= 0.3 is 7.12 Å². The van der Waals surface area contributed by atoms with Crippen LogP contribution in [0.15, 0.2) is 23.8 Å². The van der Waals surface area contributed by atoms with Gasteiger partial charge in [0.25, 0.3) is 0 Å². The standard InChI is InChI=1S/C8H9BClNO2/c1-6(9(12)13)4-8-5-7(10)2-3-11-8/h2-5,12-13H,1H3. The molecule has 0 unspecified atom stereocenters. The first-order valence-corrected chi connectivity index (χ1v) is 4.13. The van der Waals surface area contributed by atoms with Crippen LogP contribution in [-0.2, 0) is 0 Å². The van der Waals surface area contributed by atoms with E-state index in [1.54, 1.807) is 31.3 Å². The van der Waals surface area contributed by atoms with Gasteiger partial charge in [0.2, 0.25) is 0 Å². The number of nitrogens with zero attached hydrogens (tertiary/aromatic N) is 1. The Hall–Kier alpha value is -0.835. The third kappa shape index (κ3) is 3.18. The van der Waals surface area contributed by atoms with Crippen molar-refractivity contribution in [2.24, 2.45) is 0 Å². The van der Waals surface area contributed by atoms with Crippen LogP contribution in [0.2, 0.25) is 5.02 Å². The molecule has 2 N–H and O–H groups in total. The average Bonchev–Trinajstić information content (AvgIpc) is 2.04. The minimum Gasteiger partial charge on any atom is -0.423 e. The summed E-state index contributed by atoms with van der Waals surface area (Å²) in [6.45, 7) is 1.60. The Morgan fingerprint density at radius 3 is 2.85 bits per heavy atom. The second-order valence-corrected chi connectivity index (χ2v) is 3.10. The molecule has 1 heterocycles. The van der Waals surface area contributed by atoms with Gasteiger partial charge in [-0.05, 0) is 30.6 Å². The lowest BCUT2D eigenvalue weighted by Crippen LogP contribution is -2.12. The largest absolute Gasteiger partial charge is 0.483 e. The Kier molecular flexibility index (Phi) is 3.48. The summed E-state index contributed by atoms with van der Waals surface area (Å²) in [4.78, 5) is 3.98. The maximum absolute atomic E-state index is 8.78. The van der Waals surface area contributed by atoms with Gasteiger partial charge in [0.1, 0.15) is 0 Å². The summed E-state index contributed by atoms with van der Waals surface area (Å²) >= 11 is 5.71. The maximum Gasteiger partial charge on any atom is 0.483 e. The van der Waals surface area contributed by atoms with E-state index in [-0.39, 0.29) is 0 Å². The van der Waals surface area contributed by atoms with E-state index in [0.717, 1.165) is 0 Å². The molecule has 0 saturated heterocycles. The third-order valence-electron chi connectivity index (χ3n) is 1.53. The summed E-state index contributed by atoms with van der Waals surface area (Å²) in [7, 11) is -1.44. The fraction of sp³-hybridized carbons (Fsp3) is 0.125. The van der Waals surface area contributed by atoms with Crippen molar-refractivity contribution in [3.8, 4) is 0 Å². The number of hydrogen-bond donors (Lipinski definition) is 2. The molecule has 1 aromatic rings. The lowest BCUT2D eigenvalue weighted by Gasteiger charge is -1.98. The molecule has 0 bridgehead atoms. The second-order valence-electron chi connectivity index (χ2n) is 2.66. The second kappa shape index (κ2) is 4.41. The molecule has 0 aliphatic carbocycles. The SMILES string of the molecule is CC(=Cc1cc(Cl)ccn1)B(O)O. The van der Waals surface area contributed by atoms with Crippen LogP contribution in [0.1, 0.15) is 12.6 Å². The van der Waals surface area contributed by atoms with Crippen molar-refractivity contribution in [1.82, 2.24) is 4.98 Å². The van der Waals surface area contributed by atoms with Crippen molar-refractivity contribution in [2.45, 2.75) is 6.92 Å². The fourth-order valence-corrected chi connectivity index (χ4v) is 0.976. The maximum atomic E-state index is 8.78. The molecule has 13 heavy (non-hydrogen) atoms. The van der Waals surface area contributed by atoms with Crippen LogP contribution in [0.25, 0.3) is 6.08 Å². The minimum absolute atomic E-state index is 0.426. The van der Waals surface area contributed by atoms with Gasteiger partial charge in [-0.25, -0.2) is 0 Å². The molecule has 3 nitrogen and oxygen atoms in total. The Balaban J connectivity index is 2.91. The van der Waals surface area contributed by atoms with Gasteiger partial charge < -0.3 is 10.0 Å². The monoisotopic (exact) mass is 197 g/mol. The molecular weight excluding hydrogens is 188 g/mol. The van der Waals surface area contributed by atoms with Crippen molar-refractivity contribution < 1.29 is 10.0 Å². The van der Waals surface area contributed by atoms with E-state index in [1.807, 2.05) is 0 Å². The lowest BCUT2D eigenvalue weighted by atomic mass is 9.80. The Morgan fingerprint density at radius 1 is 1.62 bits per heavy atom. The predicted molar refractivity (Wildman–Crippen MR) is 53.1 cm³/mol. The van der Waals surface area contributed by atoms with Crippen molar-refractivity contribution in [1.29, 1.82) is 0 Å². The van der Waals surface area contributed by atoms with Gasteiger partial charge in [-0.15, -0.1) is 0 Å². The number of hydrogen-bond acceptors (Lipinski definition) is 3. The zero-order chi connectivity index (χ0) is 9.84. The first kappa shape index (κ1) is 10.2. The van der Waals surface area contributed by atoms with Crippen molar-refractivity contribution in [3.05, 3.63) is 34.5 Å². The van der Waals surface area contributed by atoms with E-state index in [2.05, 4.69) is 4.98 Å². The molecule has 0 radical (unpaired) electrons. The molecule has 0 fully saturated rings. The minimum atomic E-state index is -1.44. The Labute approximate surface area is 81.8 Å². The highest BCUT2D eigenvalue weighted by Gasteiger charge is 2.08. The molecule has 5 heteroatoms. The van der Waals surface area contributed by atoms with E-state index in [1.165, 1.54) is 0 Å². The molecule has 0 aliphatic rings. The summed E-state index contributed by atoms with van der Waals surface area (Å²) in [6.07, 6.45) is 3.13. The molecule has 0 atom stereocenters. The number of allylic oxidation sites excluding steroid dienone is 1. The van der Waals surface area contributed by atoms with E-state index in [0.29, 0.717) is 16.2 Å². The van der Waals surface area contributed by atoms with Crippen LogP contribution in [0.4, 0.5) is 0 Å². The molecule has 0 amide bonds. The molecule has 0 saturated carbocycles. The molecular formula is C8H9BClNO2. The molecule has 0 spiro atoms. The number of pyridine rings is 1. The highest BCUT2D eigenvalue weighted by atomic mass is 35.5. The fourth-order valence-electron chi connectivity index (χ4n) is 0.808. The molecule has 0 aliphatic heterocycles. The summed E-state index contributed by atoms with van der Waals surface area (Å²) in [5, 5.41) is 18.1. The molecule has 1 rings (SSSR count). The zero-order valence-electron chi connectivity index (χ0n) is 7.11. The quantitative estimate of drug-likeness (QED) is 0.699. The lowest BCUT2D eigenvalue weighted by molar-refractivity contribution is 0.419. The Bertz CT molecular complexity index is 328. The summed E-state index contributed by atoms with van der Waals surface area (Å²) in [5.74, 6) is 0. The highest BCUT2D eigenvalue weighted by molar-refractivity contribution is 6.51. The normalized spacial score (nSPS) is 11.5. The molecule has 68 valence electrons. The van der Waals surface area contributed by atoms with Crippen LogP contribution >= 0.6 is 11.6 Å². The van der Waals surface area contributed by atoms with Crippen LogP contribution < -0.4 is 0 Å². The Morgan fingerprint density at radius 2 is 2.31 bits per heavy atom. The first-order valence-electron chi connectivity index (χ1n) is 3.75. The van der Waals surface area contributed by atoms with Crippen LogP contribution in [0, 0.1) is 0 Å². The van der Waals surface area contributed by atoms with E-state index in [4.69, 9.17) is 21.6 Å². The highest BCUT2D eigenvalue weighted by Crippen LogP contribution is 2.11. The summed E-state index contributed by atoms with van der Waals surface area (Å²) in [5.41, 5.74) is 1.04. The number of rotatable bonds is 2. The topological polar surface area (TPSA) is 53.4 Å². The number of aromatic nitrogens is 1. The van der Waals surface area contributed by atoms with Crippen molar-refractivity contribution in [2.75, 3.05) is 0 Å².